The minimum Gasteiger partial charge on any atom is -0.0610 e. The molecule has 0 unspecified atom stereocenters. The predicted molar refractivity (Wildman–Crippen MR) is 200 cm³/mol. The highest BCUT2D eigenvalue weighted by Gasteiger charge is 2.13. The molecule has 0 aromatic heterocycles. The van der Waals surface area contributed by atoms with Crippen molar-refractivity contribution in [3.63, 3.8) is 0 Å². The zero-order valence-corrected chi connectivity index (χ0v) is 25.2. The van der Waals surface area contributed by atoms with Gasteiger partial charge in [-0.25, -0.2) is 0 Å². The van der Waals surface area contributed by atoms with E-state index >= 15 is 0 Å². The number of rotatable bonds is 4. The summed E-state index contributed by atoms with van der Waals surface area (Å²) in [6.07, 6.45) is 4.41. The molecule has 0 bridgehead atoms. The molecule has 0 radical (unpaired) electrons. The van der Waals surface area contributed by atoms with Crippen molar-refractivity contribution in [2.24, 2.45) is 0 Å². The van der Waals surface area contributed by atoms with Crippen molar-refractivity contribution in [2.75, 3.05) is 0 Å². The van der Waals surface area contributed by atoms with E-state index in [-0.39, 0.29) is 0 Å². The van der Waals surface area contributed by atoms with Crippen molar-refractivity contribution in [1.82, 2.24) is 0 Å². The van der Waals surface area contributed by atoms with Gasteiger partial charge in [0.05, 0.1) is 0 Å². The summed E-state index contributed by atoms with van der Waals surface area (Å²) in [6, 6.07) is 58.3. The quantitative estimate of drug-likeness (QED) is 0.143. The average molecular weight is 581 g/mol. The maximum Gasteiger partial charge on any atom is -0.00206 e. The van der Waals surface area contributed by atoms with Crippen LogP contribution in [-0.4, -0.2) is 0 Å². The van der Waals surface area contributed by atoms with Gasteiger partial charge in [-0.15, -0.1) is 0 Å². The maximum absolute atomic E-state index is 2.29. The molecular weight excluding hydrogens is 553 g/mol. The van der Waals surface area contributed by atoms with Crippen molar-refractivity contribution < 1.29 is 0 Å². The first kappa shape index (κ1) is 25.4. The summed E-state index contributed by atoms with van der Waals surface area (Å²) in [7, 11) is 0. The van der Waals surface area contributed by atoms with E-state index in [9.17, 15) is 0 Å². The van der Waals surface area contributed by atoms with Crippen molar-refractivity contribution in [3.8, 4) is 22.3 Å². The third-order valence-electron chi connectivity index (χ3n) is 9.97. The Bertz CT molecular complexity index is 2540. The van der Waals surface area contributed by atoms with E-state index in [4.69, 9.17) is 0 Å². The lowest BCUT2D eigenvalue weighted by Crippen LogP contribution is -1.87. The third-order valence-corrected chi connectivity index (χ3v) is 9.97. The summed E-state index contributed by atoms with van der Waals surface area (Å²) in [5, 5.41) is 15.9. The van der Waals surface area contributed by atoms with Gasteiger partial charge in [-0.1, -0.05) is 170 Å². The molecule has 0 nitrogen and oxygen atoms in total. The minimum atomic E-state index is 1.19. The lowest BCUT2D eigenvalue weighted by Gasteiger charge is -2.14. The van der Waals surface area contributed by atoms with Gasteiger partial charge in [0.1, 0.15) is 0 Å². The Morgan fingerprint density at radius 3 is 0.978 bits per heavy atom. The second-order valence-corrected chi connectivity index (χ2v) is 12.5. The first-order valence-corrected chi connectivity index (χ1v) is 16.0. The molecule has 0 fully saturated rings. The van der Waals surface area contributed by atoms with Crippen LogP contribution in [-0.2, 0) is 0 Å². The van der Waals surface area contributed by atoms with Gasteiger partial charge in [-0.05, 0) is 98.0 Å². The zero-order valence-electron chi connectivity index (χ0n) is 25.2. The van der Waals surface area contributed by atoms with E-state index in [1.807, 2.05) is 0 Å². The summed E-state index contributed by atoms with van der Waals surface area (Å²) in [5.74, 6) is 0. The fraction of sp³-hybridized carbons (Fsp3) is 0. The van der Waals surface area contributed by atoms with Gasteiger partial charge in [0, 0.05) is 0 Å². The fourth-order valence-electron chi connectivity index (χ4n) is 7.71. The van der Waals surface area contributed by atoms with Gasteiger partial charge in [-0.3, -0.25) is 0 Å². The summed E-state index contributed by atoms with van der Waals surface area (Å²) < 4.78 is 0. The van der Waals surface area contributed by atoms with E-state index in [2.05, 4.69) is 170 Å². The molecule has 0 saturated heterocycles. The van der Waals surface area contributed by atoms with Gasteiger partial charge in [-0.2, -0.15) is 0 Å². The summed E-state index contributed by atoms with van der Waals surface area (Å²) in [5.41, 5.74) is 7.43. The molecule has 0 aliphatic rings. The van der Waals surface area contributed by atoms with Crippen molar-refractivity contribution in [2.45, 2.75) is 0 Å². The number of benzene rings is 10. The highest BCUT2D eigenvalue weighted by atomic mass is 14.2. The Morgan fingerprint density at radius 1 is 0.261 bits per heavy atom. The first-order valence-electron chi connectivity index (χ1n) is 16.0. The molecule has 0 spiro atoms. The maximum atomic E-state index is 2.29. The molecule has 46 heavy (non-hydrogen) atoms. The summed E-state index contributed by atoms with van der Waals surface area (Å²) in [6.45, 7) is 0. The SMILES string of the molecule is C(=C\c1ccc(-c2ccc3ccc4cccc5ccc2c3c45)cc1)/c1ccc(-c2ccc3ccc4cccc5ccc2c3c45)cc1. The van der Waals surface area contributed by atoms with Gasteiger partial charge in [0.2, 0.25) is 0 Å². The standard InChI is InChI=1S/C46H28/c1-3-33-17-19-37-21-25-39(41-27-23-35(5-1)43(33)45(37)41)31-13-9-29(10-14-31)7-8-30-11-15-32(16-12-30)40-26-22-38-20-18-34-4-2-6-36-24-28-42(40)46(38)44(34)36/h1-28H/b8-7+. The second-order valence-electron chi connectivity index (χ2n) is 12.5. The molecule has 0 heterocycles. The fourth-order valence-corrected chi connectivity index (χ4v) is 7.71. The van der Waals surface area contributed by atoms with Crippen LogP contribution in [0.4, 0.5) is 0 Å². The van der Waals surface area contributed by atoms with Crippen LogP contribution in [0, 0.1) is 0 Å². The Kier molecular flexibility index (Phi) is 5.38. The van der Waals surface area contributed by atoms with Crippen LogP contribution in [0.15, 0.2) is 158 Å². The molecule has 0 aliphatic carbocycles. The topological polar surface area (TPSA) is 0 Å². The van der Waals surface area contributed by atoms with Crippen LogP contribution in [0.25, 0.3) is 99.0 Å². The molecule has 0 aliphatic heterocycles. The normalized spacial score (nSPS) is 12.3. The number of hydrogen-bond acceptors (Lipinski definition) is 0. The number of hydrogen-bond donors (Lipinski definition) is 0. The monoisotopic (exact) mass is 580 g/mol. The van der Waals surface area contributed by atoms with Crippen LogP contribution < -0.4 is 0 Å². The third kappa shape index (κ3) is 3.81. The predicted octanol–water partition coefficient (Wildman–Crippen LogP) is 13.0. The largest absolute Gasteiger partial charge is 0.0610 e. The molecule has 10 aromatic carbocycles. The molecule has 0 amide bonds. The van der Waals surface area contributed by atoms with Crippen molar-refractivity contribution in [1.29, 1.82) is 0 Å². The molecule has 212 valence electrons. The minimum absolute atomic E-state index is 1.19. The Morgan fingerprint density at radius 2 is 0.587 bits per heavy atom. The zero-order chi connectivity index (χ0) is 30.2. The first-order chi connectivity index (χ1) is 22.8. The Labute approximate surface area is 267 Å². The highest BCUT2D eigenvalue weighted by molar-refractivity contribution is 6.26. The lowest BCUT2D eigenvalue weighted by molar-refractivity contribution is 1.62. The van der Waals surface area contributed by atoms with Crippen molar-refractivity contribution in [3.05, 3.63) is 169 Å². The molecule has 0 atom stereocenters. The molecule has 0 heteroatoms. The average Bonchev–Trinajstić information content (AvgIpc) is 3.12. The van der Waals surface area contributed by atoms with Gasteiger partial charge >= 0.3 is 0 Å². The molecule has 10 aromatic rings. The highest BCUT2D eigenvalue weighted by Crippen LogP contribution is 2.41. The van der Waals surface area contributed by atoms with E-state index in [1.54, 1.807) is 0 Å². The van der Waals surface area contributed by atoms with Gasteiger partial charge in [0.15, 0.2) is 0 Å². The van der Waals surface area contributed by atoms with E-state index < -0.39 is 0 Å². The van der Waals surface area contributed by atoms with Gasteiger partial charge < -0.3 is 0 Å². The van der Waals surface area contributed by atoms with E-state index in [0.717, 1.165) is 0 Å². The summed E-state index contributed by atoms with van der Waals surface area (Å²) >= 11 is 0. The smallest absolute Gasteiger partial charge is 0.00206 e. The van der Waals surface area contributed by atoms with Crippen LogP contribution in [0.1, 0.15) is 11.1 Å². The summed E-state index contributed by atoms with van der Waals surface area (Å²) in [4.78, 5) is 0. The van der Waals surface area contributed by atoms with Crippen LogP contribution in [0.5, 0.6) is 0 Å². The van der Waals surface area contributed by atoms with Crippen LogP contribution in [0.3, 0.4) is 0 Å². The molecule has 0 N–H and O–H groups in total. The van der Waals surface area contributed by atoms with Crippen LogP contribution >= 0.6 is 0 Å². The Balaban J connectivity index is 0.954. The van der Waals surface area contributed by atoms with E-state index in [1.165, 1.54) is 98.0 Å². The molecule has 0 saturated carbocycles. The lowest BCUT2D eigenvalue weighted by atomic mass is 9.89. The molecular formula is C46H28. The van der Waals surface area contributed by atoms with Gasteiger partial charge in [0.25, 0.3) is 0 Å². The molecule has 10 rings (SSSR count). The van der Waals surface area contributed by atoms with Crippen LogP contribution in [0.2, 0.25) is 0 Å². The van der Waals surface area contributed by atoms with E-state index in [0.29, 0.717) is 0 Å². The second kappa shape index (κ2) is 9.76. The van der Waals surface area contributed by atoms with Crippen molar-refractivity contribution >= 4 is 76.8 Å². The Hall–Kier alpha value is -5.98.